The maximum Gasteiger partial charge on any atom is 0.265 e. The molecule has 1 aromatic carbocycles. The lowest BCUT2D eigenvalue weighted by molar-refractivity contribution is 0.103. The fourth-order valence-corrected chi connectivity index (χ4v) is 3.89. The monoisotopic (exact) mass is 304 g/mol. The van der Waals surface area contributed by atoms with Gasteiger partial charge in [0.15, 0.2) is 0 Å². The van der Waals surface area contributed by atoms with Crippen LogP contribution in [0.2, 0.25) is 0 Å². The highest BCUT2D eigenvalue weighted by atomic mass is 32.1. The normalized spacial score (nSPS) is 10.7. The number of methoxy groups -OCH3 is 1. The first kappa shape index (κ1) is 13.0. The molecule has 3 rings (SSSR count). The summed E-state index contributed by atoms with van der Waals surface area (Å²) < 4.78 is 7.47. The lowest BCUT2D eigenvalue weighted by Crippen LogP contribution is -2.11. The SMILES string of the molecule is COc1ccc(N)cc1NC(=O)c1cc2sccc2s1. The highest BCUT2D eigenvalue weighted by molar-refractivity contribution is 7.27. The molecular weight excluding hydrogens is 292 g/mol. The summed E-state index contributed by atoms with van der Waals surface area (Å²) in [5.41, 5.74) is 6.89. The standard InChI is InChI=1S/C14H12N2O2S2/c1-18-10-3-2-8(15)6-9(10)16-14(17)13-7-12-11(20-13)4-5-19-12/h2-7H,15H2,1H3,(H,16,17). The Kier molecular flexibility index (Phi) is 3.33. The zero-order chi connectivity index (χ0) is 14.1. The van der Waals surface area contributed by atoms with Crippen molar-refractivity contribution in [2.45, 2.75) is 0 Å². The molecule has 20 heavy (non-hydrogen) atoms. The third-order valence-electron chi connectivity index (χ3n) is 2.83. The van der Waals surface area contributed by atoms with Gasteiger partial charge in [-0.3, -0.25) is 4.79 Å². The molecule has 0 fully saturated rings. The molecule has 2 aromatic heterocycles. The molecule has 0 spiro atoms. The first-order valence-corrected chi connectivity index (χ1v) is 7.59. The number of carbonyl (C=O) groups is 1. The first-order valence-electron chi connectivity index (χ1n) is 5.89. The molecule has 0 saturated heterocycles. The van der Waals surface area contributed by atoms with Crippen LogP contribution in [0.4, 0.5) is 11.4 Å². The van der Waals surface area contributed by atoms with Crippen molar-refractivity contribution in [3.05, 3.63) is 40.6 Å². The van der Waals surface area contributed by atoms with E-state index >= 15 is 0 Å². The van der Waals surface area contributed by atoms with Gasteiger partial charge in [-0.15, -0.1) is 22.7 Å². The molecule has 0 aliphatic carbocycles. The molecule has 0 aliphatic heterocycles. The number of thiophene rings is 2. The number of nitrogens with one attached hydrogen (secondary N) is 1. The Balaban J connectivity index is 1.88. The van der Waals surface area contributed by atoms with Crippen LogP contribution in [0.15, 0.2) is 35.7 Å². The zero-order valence-corrected chi connectivity index (χ0v) is 12.3. The number of anilines is 2. The molecule has 4 nitrogen and oxygen atoms in total. The molecule has 1 amide bonds. The Labute approximate surface area is 123 Å². The van der Waals surface area contributed by atoms with Crippen LogP contribution in [-0.2, 0) is 0 Å². The van der Waals surface area contributed by atoms with E-state index in [4.69, 9.17) is 10.5 Å². The lowest BCUT2D eigenvalue weighted by atomic mass is 10.2. The van der Waals surface area contributed by atoms with E-state index in [0.717, 1.165) is 9.40 Å². The Morgan fingerprint density at radius 3 is 2.85 bits per heavy atom. The fraction of sp³-hybridized carbons (Fsp3) is 0.0714. The van der Waals surface area contributed by atoms with E-state index in [1.807, 2.05) is 17.5 Å². The largest absolute Gasteiger partial charge is 0.495 e. The van der Waals surface area contributed by atoms with Crippen LogP contribution >= 0.6 is 22.7 Å². The second-order valence-electron chi connectivity index (χ2n) is 4.17. The van der Waals surface area contributed by atoms with E-state index in [1.54, 1.807) is 36.6 Å². The molecule has 0 bridgehead atoms. The number of ether oxygens (including phenoxy) is 1. The summed E-state index contributed by atoms with van der Waals surface area (Å²) in [5, 5.41) is 4.86. The minimum absolute atomic E-state index is 0.151. The molecule has 0 unspecified atom stereocenters. The van der Waals surface area contributed by atoms with Gasteiger partial charge in [-0.05, 0) is 35.7 Å². The van der Waals surface area contributed by atoms with Gasteiger partial charge in [0, 0.05) is 15.1 Å². The number of carbonyl (C=O) groups excluding carboxylic acids is 1. The topological polar surface area (TPSA) is 64.3 Å². The molecule has 0 atom stereocenters. The Bertz CT molecular complexity index is 748. The van der Waals surface area contributed by atoms with E-state index in [0.29, 0.717) is 22.0 Å². The summed E-state index contributed by atoms with van der Waals surface area (Å²) in [5.74, 6) is 0.438. The second-order valence-corrected chi connectivity index (χ2v) is 6.21. The number of rotatable bonds is 3. The predicted molar refractivity (Wildman–Crippen MR) is 85.1 cm³/mol. The quantitative estimate of drug-likeness (QED) is 0.723. The molecule has 0 aliphatic rings. The predicted octanol–water partition coefficient (Wildman–Crippen LogP) is 3.81. The number of nitrogens with two attached hydrogens (primary N) is 1. The molecule has 6 heteroatoms. The molecule has 2 heterocycles. The van der Waals surface area contributed by atoms with Crippen molar-refractivity contribution in [3.8, 4) is 5.75 Å². The van der Waals surface area contributed by atoms with Gasteiger partial charge in [0.1, 0.15) is 5.75 Å². The van der Waals surface area contributed by atoms with Crippen molar-refractivity contribution < 1.29 is 9.53 Å². The van der Waals surface area contributed by atoms with E-state index < -0.39 is 0 Å². The number of amides is 1. The summed E-state index contributed by atoms with van der Waals surface area (Å²) in [6, 6.07) is 9.07. The number of fused-ring (bicyclic) bond motifs is 1. The van der Waals surface area contributed by atoms with Crippen molar-refractivity contribution in [1.29, 1.82) is 0 Å². The van der Waals surface area contributed by atoms with Gasteiger partial charge in [-0.25, -0.2) is 0 Å². The summed E-state index contributed by atoms with van der Waals surface area (Å²) in [4.78, 5) is 12.9. The zero-order valence-electron chi connectivity index (χ0n) is 10.7. The molecular formula is C14H12N2O2S2. The van der Waals surface area contributed by atoms with Crippen molar-refractivity contribution in [2.24, 2.45) is 0 Å². The van der Waals surface area contributed by atoms with Crippen molar-refractivity contribution in [3.63, 3.8) is 0 Å². The number of benzene rings is 1. The molecule has 3 aromatic rings. The lowest BCUT2D eigenvalue weighted by Gasteiger charge is -2.10. The summed E-state index contributed by atoms with van der Waals surface area (Å²) in [6.45, 7) is 0. The minimum atomic E-state index is -0.151. The number of nitrogen functional groups attached to an aromatic ring is 1. The average molecular weight is 304 g/mol. The van der Waals surface area contributed by atoms with E-state index in [1.165, 1.54) is 11.3 Å². The highest BCUT2D eigenvalue weighted by Gasteiger charge is 2.13. The maximum atomic E-state index is 12.3. The number of hydrogen-bond donors (Lipinski definition) is 2. The van der Waals surface area contributed by atoms with Gasteiger partial charge in [0.25, 0.3) is 5.91 Å². The summed E-state index contributed by atoms with van der Waals surface area (Å²) in [7, 11) is 1.56. The summed E-state index contributed by atoms with van der Waals surface area (Å²) in [6.07, 6.45) is 0. The third-order valence-corrected chi connectivity index (χ3v) is 4.93. The van der Waals surface area contributed by atoms with Crippen LogP contribution in [0.25, 0.3) is 9.40 Å². The third kappa shape index (κ3) is 2.35. The van der Waals surface area contributed by atoms with Crippen LogP contribution in [0.3, 0.4) is 0 Å². The molecule has 0 saturated carbocycles. The van der Waals surface area contributed by atoms with Gasteiger partial charge in [-0.2, -0.15) is 0 Å². The summed E-state index contributed by atoms with van der Waals surface area (Å²) >= 11 is 3.10. The van der Waals surface area contributed by atoms with Gasteiger partial charge in [0.2, 0.25) is 0 Å². The fourth-order valence-electron chi connectivity index (χ4n) is 1.88. The van der Waals surface area contributed by atoms with Gasteiger partial charge in [-0.1, -0.05) is 0 Å². The van der Waals surface area contributed by atoms with Gasteiger partial charge >= 0.3 is 0 Å². The van der Waals surface area contributed by atoms with Crippen LogP contribution in [0.1, 0.15) is 9.67 Å². The Morgan fingerprint density at radius 2 is 2.10 bits per heavy atom. The average Bonchev–Trinajstić information content (AvgIpc) is 2.99. The van der Waals surface area contributed by atoms with Crippen LogP contribution < -0.4 is 15.8 Å². The van der Waals surface area contributed by atoms with Gasteiger partial charge in [0.05, 0.1) is 17.7 Å². The van der Waals surface area contributed by atoms with Gasteiger partial charge < -0.3 is 15.8 Å². The van der Waals surface area contributed by atoms with Crippen molar-refractivity contribution in [2.75, 3.05) is 18.2 Å². The molecule has 0 radical (unpaired) electrons. The molecule has 3 N–H and O–H groups in total. The van der Waals surface area contributed by atoms with E-state index in [2.05, 4.69) is 5.32 Å². The first-order chi connectivity index (χ1) is 9.67. The maximum absolute atomic E-state index is 12.3. The van der Waals surface area contributed by atoms with E-state index in [-0.39, 0.29) is 5.91 Å². The Morgan fingerprint density at radius 1 is 1.25 bits per heavy atom. The smallest absolute Gasteiger partial charge is 0.265 e. The minimum Gasteiger partial charge on any atom is -0.495 e. The van der Waals surface area contributed by atoms with Crippen LogP contribution in [0.5, 0.6) is 5.75 Å². The van der Waals surface area contributed by atoms with Crippen molar-refractivity contribution in [1.82, 2.24) is 0 Å². The molecule has 102 valence electrons. The highest BCUT2D eigenvalue weighted by Crippen LogP contribution is 2.32. The van der Waals surface area contributed by atoms with Crippen molar-refractivity contribution >= 4 is 49.4 Å². The second kappa shape index (κ2) is 5.15. The van der Waals surface area contributed by atoms with Crippen LogP contribution in [0, 0.1) is 0 Å². The number of hydrogen-bond acceptors (Lipinski definition) is 5. The Hall–Kier alpha value is -2.05. The van der Waals surface area contributed by atoms with Crippen LogP contribution in [-0.4, -0.2) is 13.0 Å². The van der Waals surface area contributed by atoms with E-state index in [9.17, 15) is 4.79 Å².